The van der Waals surface area contributed by atoms with Gasteiger partial charge in [0, 0.05) is 19.3 Å². The lowest BCUT2D eigenvalue weighted by atomic mass is 10.0. The molecule has 0 saturated heterocycles. The molecule has 352 valence electrons. The van der Waals surface area contributed by atoms with Crippen LogP contribution in [0, 0.1) is 0 Å². The van der Waals surface area contributed by atoms with Crippen LogP contribution in [0.3, 0.4) is 0 Å². The van der Waals surface area contributed by atoms with E-state index >= 15 is 0 Å². The molecule has 2 atom stereocenters. The number of esters is 2. The first kappa shape index (κ1) is 58.0. The Balaban J connectivity index is 4.35. The number of aliphatic carboxylic acids is 1. The monoisotopic (exact) mass is 857 g/mol. The van der Waals surface area contributed by atoms with Crippen molar-refractivity contribution in [1.82, 2.24) is 0 Å². The summed E-state index contributed by atoms with van der Waals surface area (Å²) < 4.78 is 17.3. The third-order valence-corrected chi connectivity index (χ3v) is 10.9. The fourth-order valence-electron chi connectivity index (χ4n) is 7.05. The third-order valence-electron chi connectivity index (χ3n) is 10.9. The standard InChI is InChI=1S/C53H93NO7/c1-6-8-10-12-14-16-18-20-22-24-25-26-27-28-30-31-33-35-37-39-41-43-51(55)60-48-49(47-59-46-45-50(53(57)58)54(3,4)5)61-52(56)44-42-40-38-36-34-32-29-23-21-19-17-15-13-11-9-7-2/h14,16,20,22,25-26,28,30,33,35,49-50H,6-13,15,17-19,21,23-24,27,29,31-32,34,36-48H2,1-5H3/p+1/b16-14+,22-20+,26-25+,30-28+,35-33+. The molecular weight excluding hydrogens is 763 g/mol. The summed E-state index contributed by atoms with van der Waals surface area (Å²) in [6.45, 7) is 4.68. The Morgan fingerprint density at radius 2 is 0.869 bits per heavy atom. The highest BCUT2D eigenvalue weighted by Gasteiger charge is 2.31. The van der Waals surface area contributed by atoms with E-state index in [1.165, 1.54) is 109 Å². The molecule has 2 unspecified atom stereocenters. The van der Waals surface area contributed by atoms with Crippen LogP contribution < -0.4 is 0 Å². The van der Waals surface area contributed by atoms with Crippen LogP contribution in [-0.2, 0) is 28.6 Å². The number of nitrogens with zero attached hydrogens (tertiary/aromatic N) is 1. The third kappa shape index (κ3) is 42.1. The molecule has 8 heteroatoms. The number of carboxylic acids is 1. The normalized spacial score (nSPS) is 13.4. The van der Waals surface area contributed by atoms with Gasteiger partial charge in [0.15, 0.2) is 12.1 Å². The van der Waals surface area contributed by atoms with Gasteiger partial charge in [-0.1, -0.05) is 184 Å². The first-order valence-electron chi connectivity index (χ1n) is 24.8. The summed E-state index contributed by atoms with van der Waals surface area (Å²) in [6, 6.07) is -0.622. The smallest absolute Gasteiger partial charge is 0.362 e. The number of allylic oxidation sites excluding steroid dienone is 10. The highest BCUT2D eigenvalue weighted by molar-refractivity contribution is 5.72. The van der Waals surface area contributed by atoms with Gasteiger partial charge in [-0.2, -0.15) is 0 Å². The van der Waals surface area contributed by atoms with Crippen molar-refractivity contribution < 1.29 is 38.2 Å². The first-order chi connectivity index (χ1) is 29.6. The van der Waals surface area contributed by atoms with Crippen LogP contribution in [0.15, 0.2) is 60.8 Å². The number of carbonyl (C=O) groups excluding carboxylic acids is 2. The lowest BCUT2D eigenvalue weighted by Crippen LogP contribution is -2.50. The van der Waals surface area contributed by atoms with Crippen molar-refractivity contribution in [3.63, 3.8) is 0 Å². The van der Waals surface area contributed by atoms with E-state index in [9.17, 15) is 19.5 Å². The van der Waals surface area contributed by atoms with E-state index in [0.717, 1.165) is 64.2 Å². The van der Waals surface area contributed by atoms with Gasteiger partial charge in [0.25, 0.3) is 0 Å². The molecule has 0 bridgehead atoms. The Hall–Kier alpha value is -2.97. The molecule has 0 aromatic carbocycles. The fraction of sp³-hybridized carbons (Fsp3) is 0.755. The van der Waals surface area contributed by atoms with Gasteiger partial charge >= 0.3 is 17.9 Å². The molecule has 0 aromatic rings. The number of rotatable bonds is 44. The van der Waals surface area contributed by atoms with E-state index < -0.39 is 18.1 Å². The molecule has 0 radical (unpaired) electrons. The molecule has 0 aromatic heterocycles. The molecule has 0 heterocycles. The van der Waals surface area contributed by atoms with Crippen molar-refractivity contribution in [2.75, 3.05) is 41.0 Å². The fourth-order valence-corrected chi connectivity index (χ4v) is 7.05. The molecule has 61 heavy (non-hydrogen) atoms. The summed E-state index contributed by atoms with van der Waals surface area (Å²) >= 11 is 0. The number of hydrogen-bond acceptors (Lipinski definition) is 6. The van der Waals surface area contributed by atoms with Crippen LogP contribution in [-0.4, -0.2) is 80.6 Å². The number of hydrogen-bond donors (Lipinski definition) is 1. The Labute approximate surface area is 375 Å². The van der Waals surface area contributed by atoms with E-state index in [1.807, 2.05) is 21.1 Å². The second-order valence-corrected chi connectivity index (χ2v) is 17.7. The van der Waals surface area contributed by atoms with Crippen molar-refractivity contribution >= 4 is 17.9 Å². The summed E-state index contributed by atoms with van der Waals surface area (Å²) in [4.78, 5) is 37.1. The van der Waals surface area contributed by atoms with Crippen LogP contribution in [0.5, 0.6) is 0 Å². The Morgan fingerprint density at radius 1 is 0.492 bits per heavy atom. The molecule has 0 aliphatic rings. The summed E-state index contributed by atoms with van der Waals surface area (Å²) in [5.74, 6) is -1.52. The minimum Gasteiger partial charge on any atom is -0.477 e. The van der Waals surface area contributed by atoms with Crippen LogP contribution >= 0.6 is 0 Å². The van der Waals surface area contributed by atoms with Crippen LogP contribution in [0.1, 0.15) is 206 Å². The van der Waals surface area contributed by atoms with Crippen molar-refractivity contribution in [3.8, 4) is 0 Å². The molecular formula is C53H94NO7+. The highest BCUT2D eigenvalue weighted by Crippen LogP contribution is 2.15. The van der Waals surface area contributed by atoms with Gasteiger partial charge in [0.05, 0.1) is 34.4 Å². The number of ether oxygens (including phenoxy) is 3. The van der Waals surface area contributed by atoms with Gasteiger partial charge in [-0.25, -0.2) is 4.79 Å². The maximum Gasteiger partial charge on any atom is 0.362 e. The largest absolute Gasteiger partial charge is 0.477 e. The van der Waals surface area contributed by atoms with Crippen molar-refractivity contribution in [3.05, 3.63) is 60.8 Å². The average molecular weight is 857 g/mol. The highest BCUT2D eigenvalue weighted by atomic mass is 16.6. The second kappa shape index (κ2) is 43.7. The van der Waals surface area contributed by atoms with Crippen LogP contribution in [0.2, 0.25) is 0 Å². The number of unbranched alkanes of at least 4 members (excludes halogenated alkanes) is 20. The number of likely N-dealkylation sites (N-methyl/N-ethyl adjacent to an activating group) is 1. The van der Waals surface area contributed by atoms with Gasteiger partial charge in [-0.3, -0.25) is 9.59 Å². The van der Waals surface area contributed by atoms with Gasteiger partial charge in [-0.05, 0) is 64.2 Å². The van der Waals surface area contributed by atoms with Crippen molar-refractivity contribution in [2.24, 2.45) is 0 Å². The molecule has 0 rings (SSSR count). The molecule has 1 N–H and O–H groups in total. The molecule has 0 aliphatic heterocycles. The Bertz CT molecular complexity index is 1180. The maximum absolute atomic E-state index is 12.8. The minimum absolute atomic E-state index is 0.0473. The lowest BCUT2D eigenvalue weighted by Gasteiger charge is -2.31. The quantitative estimate of drug-likeness (QED) is 0.0282. The number of carbonyl (C=O) groups is 3. The van der Waals surface area contributed by atoms with Gasteiger partial charge in [-0.15, -0.1) is 0 Å². The zero-order valence-corrected chi connectivity index (χ0v) is 40.1. The predicted octanol–water partition coefficient (Wildman–Crippen LogP) is 14.1. The summed E-state index contributed by atoms with van der Waals surface area (Å²) in [5.41, 5.74) is 0. The second-order valence-electron chi connectivity index (χ2n) is 17.7. The maximum atomic E-state index is 12.8. The summed E-state index contributed by atoms with van der Waals surface area (Å²) in [7, 11) is 5.52. The SMILES string of the molecule is CCCCC/C=C/C/C=C/C/C=C/C/C=C/C/C=C/CCCCC(=O)OCC(COCCC(C(=O)O)[N+](C)(C)C)OC(=O)CCCCCCCCCCCCCCCCCC. The average Bonchev–Trinajstić information content (AvgIpc) is 3.22. The van der Waals surface area contributed by atoms with E-state index in [-0.39, 0.29) is 36.2 Å². The zero-order chi connectivity index (χ0) is 44.9. The zero-order valence-electron chi connectivity index (χ0n) is 40.1. The molecule has 0 amide bonds. The Morgan fingerprint density at radius 3 is 1.31 bits per heavy atom. The molecule has 0 fully saturated rings. The molecule has 8 nitrogen and oxygen atoms in total. The van der Waals surface area contributed by atoms with Crippen molar-refractivity contribution in [2.45, 2.75) is 219 Å². The predicted molar refractivity (Wildman–Crippen MR) is 257 cm³/mol. The molecule has 0 saturated carbocycles. The van der Waals surface area contributed by atoms with Crippen molar-refractivity contribution in [1.29, 1.82) is 0 Å². The lowest BCUT2D eigenvalue weighted by molar-refractivity contribution is -0.887. The van der Waals surface area contributed by atoms with E-state index in [2.05, 4.69) is 74.6 Å². The molecule has 0 spiro atoms. The van der Waals surface area contributed by atoms with Gasteiger partial charge < -0.3 is 23.8 Å². The number of quaternary nitrogens is 1. The van der Waals surface area contributed by atoms with E-state index in [0.29, 0.717) is 19.3 Å². The summed E-state index contributed by atoms with van der Waals surface area (Å²) in [6.07, 6.45) is 54.1. The van der Waals surface area contributed by atoms with Crippen LogP contribution in [0.4, 0.5) is 0 Å². The number of carboxylic acid groups (broad SMARTS) is 1. The minimum atomic E-state index is -0.881. The van der Waals surface area contributed by atoms with Gasteiger partial charge in [0.2, 0.25) is 0 Å². The van der Waals surface area contributed by atoms with Gasteiger partial charge in [0.1, 0.15) is 6.61 Å². The van der Waals surface area contributed by atoms with E-state index in [4.69, 9.17) is 14.2 Å². The summed E-state index contributed by atoms with van der Waals surface area (Å²) in [5, 5.41) is 9.64. The Kier molecular flexibility index (Phi) is 41.5. The molecule has 0 aliphatic carbocycles. The first-order valence-corrected chi connectivity index (χ1v) is 24.8. The van der Waals surface area contributed by atoms with E-state index in [1.54, 1.807) is 0 Å². The topological polar surface area (TPSA) is 99.1 Å². The van der Waals surface area contributed by atoms with Crippen LogP contribution in [0.25, 0.3) is 0 Å².